The summed E-state index contributed by atoms with van der Waals surface area (Å²) in [7, 11) is 0. The first kappa shape index (κ1) is 21.4. The molecule has 7 heterocycles. The largest absolute Gasteiger partial charge is 0.439 e. The van der Waals surface area contributed by atoms with Gasteiger partial charge in [-0.15, -0.1) is 6.42 Å². The predicted molar refractivity (Wildman–Crippen MR) is 143 cm³/mol. The molecule has 1 N–H and O–H groups in total. The lowest BCUT2D eigenvalue weighted by Gasteiger charge is -2.31. The minimum absolute atomic E-state index is 0.0950. The van der Waals surface area contributed by atoms with E-state index in [4.69, 9.17) is 20.9 Å². The normalized spacial score (nSPS) is 18.4. The fourth-order valence-corrected chi connectivity index (χ4v) is 6.14. The zero-order valence-electron chi connectivity index (χ0n) is 20.6. The molecule has 0 radical (unpaired) electrons. The van der Waals surface area contributed by atoms with E-state index in [-0.39, 0.29) is 12.1 Å². The van der Waals surface area contributed by atoms with Crippen LogP contribution in [0.15, 0.2) is 55.0 Å². The number of ether oxygens (including phenoxy) is 2. The fraction of sp³-hybridized carbons (Fsp3) is 0.200. The Morgan fingerprint density at radius 1 is 1.13 bits per heavy atom. The van der Waals surface area contributed by atoms with Crippen molar-refractivity contribution in [3.05, 3.63) is 77.5 Å². The number of nitrogens with one attached hydrogen (secondary N) is 1. The highest BCUT2D eigenvalue weighted by atomic mass is 16.5. The summed E-state index contributed by atoms with van der Waals surface area (Å²) in [5, 5.41) is 4.56. The molecule has 184 valence electrons. The minimum Gasteiger partial charge on any atom is -0.439 e. The molecule has 2 unspecified atom stereocenters. The van der Waals surface area contributed by atoms with Crippen LogP contribution in [0, 0.1) is 19.3 Å². The van der Waals surface area contributed by atoms with Crippen molar-refractivity contribution in [2.75, 3.05) is 11.9 Å². The van der Waals surface area contributed by atoms with Crippen molar-refractivity contribution in [2.45, 2.75) is 32.0 Å². The van der Waals surface area contributed by atoms with E-state index in [1.54, 1.807) is 6.33 Å². The Balaban J connectivity index is 1.38. The van der Waals surface area contributed by atoms with Crippen LogP contribution in [0.4, 0.5) is 5.82 Å². The molecule has 0 saturated carbocycles. The first-order valence-electron chi connectivity index (χ1n) is 12.7. The lowest BCUT2D eigenvalue weighted by Crippen LogP contribution is -2.21. The van der Waals surface area contributed by atoms with Crippen LogP contribution in [0.2, 0.25) is 0 Å². The molecule has 1 fully saturated rings. The lowest BCUT2D eigenvalue weighted by atomic mass is 9.88. The van der Waals surface area contributed by atoms with Gasteiger partial charge in [0.2, 0.25) is 5.88 Å². The molecule has 0 amide bonds. The Hall–Kier alpha value is -4.74. The van der Waals surface area contributed by atoms with E-state index in [1.165, 1.54) is 0 Å². The first-order valence-corrected chi connectivity index (χ1v) is 12.7. The Morgan fingerprint density at radius 2 is 2.08 bits per heavy atom. The second-order valence-corrected chi connectivity index (χ2v) is 9.85. The highest BCUT2D eigenvalue weighted by molar-refractivity contribution is 6.10. The number of terminal acetylenes is 1. The maximum Gasteiger partial charge on any atom is 0.219 e. The number of hydrogen-bond donors (Lipinski definition) is 1. The second-order valence-electron chi connectivity index (χ2n) is 9.85. The maximum absolute atomic E-state index is 6.25. The van der Waals surface area contributed by atoms with E-state index in [1.807, 2.05) is 43.5 Å². The van der Waals surface area contributed by atoms with Crippen LogP contribution in [0.5, 0.6) is 11.6 Å². The van der Waals surface area contributed by atoms with Crippen LogP contribution in [0.1, 0.15) is 41.1 Å². The van der Waals surface area contributed by atoms with E-state index >= 15 is 0 Å². The van der Waals surface area contributed by atoms with Crippen molar-refractivity contribution in [3.8, 4) is 46.4 Å². The zero-order chi connectivity index (χ0) is 25.4. The third-order valence-corrected chi connectivity index (χ3v) is 7.70. The van der Waals surface area contributed by atoms with Crippen molar-refractivity contribution in [2.24, 2.45) is 0 Å². The van der Waals surface area contributed by atoms with Gasteiger partial charge in [0.1, 0.15) is 35.3 Å². The number of nitrogens with zero attached hydrogens (tertiary/aromatic N) is 5. The Bertz CT molecular complexity index is 1840. The van der Waals surface area contributed by atoms with Gasteiger partial charge in [-0.2, -0.15) is 0 Å². The van der Waals surface area contributed by atoms with Gasteiger partial charge in [0, 0.05) is 42.2 Å². The van der Waals surface area contributed by atoms with Crippen LogP contribution < -0.4 is 10.1 Å². The van der Waals surface area contributed by atoms with Gasteiger partial charge in [-0.3, -0.25) is 0 Å². The molecular formula is C30H22N6O2. The van der Waals surface area contributed by atoms with Crippen molar-refractivity contribution >= 4 is 16.9 Å². The molecule has 8 nitrogen and oxygen atoms in total. The third-order valence-electron chi connectivity index (χ3n) is 7.70. The number of benzene rings is 1. The monoisotopic (exact) mass is 498 g/mol. The number of hydrogen-bond acceptors (Lipinski definition) is 7. The number of aromatic nitrogens is 5. The van der Waals surface area contributed by atoms with Crippen LogP contribution in [0.25, 0.3) is 33.4 Å². The summed E-state index contributed by atoms with van der Waals surface area (Å²) in [4.78, 5) is 18.5. The number of rotatable bonds is 2. The average molecular weight is 499 g/mol. The van der Waals surface area contributed by atoms with E-state index in [0.717, 1.165) is 68.2 Å². The summed E-state index contributed by atoms with van der Waals surface area (Å²) in [5.74, 6) is 4.80. The smallest absolute Gasteiger partial charge is 0.219 e. The molecule has 0 spiro atoms. The topological polar surface area (TPSA) is 87.0 Å². The van der Waals surface area contributed by atoms with Gasteiger partial charge in [0.05, 0.1) is 17.1 Å². The van der Waals surface area contributed by atoms with Crippen LogP contribution in [-0.2, 0) is 11.3 Å². The molecule has 38 heavy (non-hydrogen) atoms. The Morgan fingerprint density at radius 3 is 2.97 bits per heavy atom. The molecule has 5 aromatic rings. The molecule has 2 atom stereocenters. The Kier molecular flexibility index (Phi) is 4.43. The molecule has 1 aromatic carbocycles. The molecular weight excluding hydrogens is 476 g/mol. The maximum atomic E-state index is 6.25. The van der Waals surface area contributed by atoms with Gasteiger partial charge in [-0.25, -0.2) is 19.9 Å². The summed E-state index contributed by atoms with van der Waals surface area (Å²) in [5.41, 5.74) is 8.91. The van der Waals surface area contributed by atoms with Crippen molar-refractivity contribution in [1.82, 2.24) is 24.5 Å². The minimum atomic E-state index is -0.0950. The molecule has 8 rings (SSSR count). The zero-order valence-corrected chi connectivity index (χ0v) is 20.6. The lowest BCUT2D eigenvalue weighted by molar-refractivity contribution is 0.0919. The van der Waals surface area contributed by atoms with Crippen LogP contribution >= 0.6 is 0 Å². The first-order chi connectivity index (χ1) is 18.7. The Labute approximate surface area is 218 Å². The van der Waals surface area contributed by atoms with Gasteiger partial charge in [-0.1, -0.05) is 18.1 Å². The average Bonchev–Trinajstić information content (AvgIpc) is 3.51. The van der Waals surface area contributed by atoms with Gasteiger partial charge in [-0.05, 0) is 54.3 Å². The van der Waals surface area contributed by atoms with Gasteiger partial charge in [0.25, 0.3) is 0 Å². The second kappa shape index (κ2) is 7.88. The number of pyridine rings is 2. The van der Waals surface area contributed by atoms with E-state index < -0.39 is 0 Å². The van der Waals surface area contributed by atoms with Gasteiger partial charge < -0.3 is 19.4 Å². The summed E-state index contributed by atoms with van der Waals surface area (Å²) in [6.45, 7) is 3.23. The summed E-state index contributed by atoms with van der Waals surface area (Å²) >= 11 is 0. The van der Waals surface area contributed by atoms with Gasteiger partial charge in [0.15, 0.2) is 0 Å². The number of anilines is 1. The van der Waals surface area contributed by atoms with E-state index in [0.29, 0.717) is 24.7 Å². The highest BCUT2D eigenvalue weighted by Gasteiger charge is 2.42. The van der Waals surface area contributed by atoms with Crippen molar-refractivity contribution in [3.63, 3.8) is 0 Å². The molecule has 0 aliphatic carbocycles. The van der Waals surface area contributed by atoms with Crippen LogP contribution in [-0.4, -0.2) is 31.1 Å². The fourth-order valence-electron chi connectivity index (χ4n) is 6.14. The third kappa shape index (κ3) is 2.96. The van der Waals surface area contributed by atoms with Gasteiger partial charge >= 0.3 is 0 Å². The standard InChI is InChI=1S/C30H22N6O2/c1-3-18-12-21-22(14-31-18)27-25-20-8-7-19(38-24-6-4-5-16(2)35-24)11-17(20)13-32-29-26(25)30(34-15-33-29)36(27)23-9-10-37-28(21)23/h1,4-8,11-12,14-15,23,28H,9-10,13H2,2H3,(H,32,33,34). The van der Waals surface area contributed by atoms with E-state index in [9.17, 15) is 0 Å². The molecule has 3 aliphatic rings. The van der Waals surface area contributed by atoms with Crippen LogP contribution in [0.3, 0.4) is 0 Å². The molecule has 3 aliphatic heterocycles. The number of fused-ring (bicyclic) bond motifs is 10. The quantitative estimate of drug-likeness (QED) is 0.318. The highest BCUT2D eigenvalue weighted by Crippen LogP contribution is 2.55. The van der Waals surface area contributed by atoms with Crippen molar-refractivity contribution < 1.29 is 9.47 Å². The summed E-state index contributed by atoms with van der Waals surface area (Å²) < 4.78 is 14.7. The number of aryl methyl sites for hydroxylation is 1. The molecule has 0 bridgehead atoms. The van der Waals surface area contributed by atoms with E-state index in [2.05, 4.69) is 42.9 Å². The molecule has 4 aromatic heterocycles. The molecule has 1 saturated heterocycles. The SMILES string of the molecule is C#Cc1cc2c(cn1)-c1c3c4c(ncnc4n1C1CCOC21)NCc1cc(Oc2cccc(C)n2)ccc1-3. The summed E-state index contributed by atoms with van der Waals surface area (Å²) in [6, 6.07) is 14.1. The summed E-state index contributed by atoms with van der Waals surface area (Å²) in [6.07, 6.45) is 10.0. The van der Waals surface area contributed by atoms with Crippen molar-refractivity contribution in [1.29, 1.82) is 0 Å². The molecule has 8 heteroatoms. The predicted octanol–water partition coefficient (Wildman–Crippen LogP) is 5.58.